The molecule has 30 heavy (non-hydrogen) atoms. The van der Waals surface area contributed by atoms with Crippen molar-refractivity contribution >= 4 is 16.8 Å². The van der Waals surface area contributed by atoms with E-state index in [9.17, 15) is 9.18 Å². The first-order chi connectivity index (χ1) is 14.6. The molecule has 0 aliphatic carbocycles. The van der Waals surface area contributed by atoms with Crippen LogP contribution in [0, 0.1) is 5.82 Å². The van der Waals surface area contributed by atoms with Crippen LogP contribution in [0.25, 0.3) is 10.9 Å². The van der Waals surface area contributed by atoms with Gasteiger partial charge in [0.2, 0.25) is 0 Å². The monoisotopic (exact) mass is 410 g/mol. The summed E-state index contributed by atoms with van der Waals surface area (Å²) in [5.74, 6) is -0.0736. The molecule has 0 saturated carbocycles. The molecule has 2 N–H and O–H groups in total. The van der Waals surface area contributed by atoms with Crippen molar-refractivity contribution in [2.75, 3.05) is 26.8 Å². The molecule has 6 nitrogen and oxygen atoms in total. The number of hydrogen-bond donors (Lipinski definition) is 1. The van der Waals surface area contributed by atoms with Crippen LogP contribution in [0.5, 0.6) is 0 Å². The zero-order valence-corrected chi connectivity index (χ0v) is 17.2. The second-order valence-electron chi connectivity index (χ2n) is 7.75. The lowest BCUT2D eigenvalue weighted by atomic mass is 9.88. The number of hydrogen-bond acceptors (Lipinski definition) is 4. The fourth-order valence-corrected chi connectivity index (χ4v) is 4.28. The molecule has 1 aromatic carbocycles. The van der Waals surface area contributed by atoms with Gasteiger partial charge in [-0.15, -0.1) is 0 Å². The third-order valence-electron chi connectivity index (χ3n) is 5.97. The van der Waals surface area contributed by atoms with Gasteiger partial charge in [0.05, 0.1) is 23.9 Å². The maximum absolute atomic E-state index is 14.3. The summed E-state index contributed by atoms with van der Waals surface area (Å²) in [6, 6.07) is 6.98. The Labute approximate surface area is 175 Å². The number of aromatic nitrogens is 2. The van der Waals surface area contributed by atoms with Crippen molar-refractivity contribution < 1.29 is 13.9 Å². The van der Waals surface area contributed by atoms with Crippen molar-refractivity contribution in [2.45, 2.75) is 31.8 Å². The van der Waals surface area contributed by atoms with Gasteiger partial charge >= 0.3 is 0 Å². The molecule has 158 valence electrons. The second kappa shape index (κ2) is 8.93. The lowest BCUT2D eigenvalue weighted by Gasteiger charge is -2.32. The van der Waals surface area contributed by atoms with Gasteiger partial charge < -0.3 is 19.9 Å². The van der Waals surface area contributed by atoms with Gasteiger partial charge in [-0.25, -0.2) is 4.39 Å². The largest absolute Gasteiger partial charge is 0.383 e. The molecule has 1 amide bonds. The number of nitrogens with zero attached hydrogens (tertiary/aromatic N) is 3. The number of piperidine rings is 1. The van der Waals surface area contributed by atoms with E-state index in [1.807, 2.05) is 27.8 Å². The van der Waals surface area contributed by atoms with Gasteiger partial charge in [-0.2, -0.15) is 0 Å². The number of methoxy groups -OCH3 is 1. The van der Waals surface area contributed by atoms with Crippen LogP contribution in [0.1, 0.15) is 40.2 Å². The van der Waals surface area contributed by atoms with Crippen LogP contribution in [0.15, 0.2) is 42.9 Å². The van der Waals surface area contributed by atoms with Crippen molar-refractivity contribution in [3.05, 3.63) is 65.4 Å². The molecule has 3 aromatic rings. The maximum Gasteiger partial charge on any atom is 0.256 e. The van der Waals surface area contributed by atoms with E-state index in [2.05, 4.69) is 4.98 Å². The quantitative estimate of drug-likeness (QED) is 0.677. The summed E-state index contributed by atoms with van der Waals surface area (Å²) >= 11 is 0. The molecule has 2 aromatic heterocycles. The average molecular weight is 410 g/mol. The van der Waals surface area contributed by atoms with Crippen LogP contribution in [0.3, 0.4) is 0 Å². The molecule has 3 heterocycles. The Hall–Kier alpha value is -2.77. The Kier molecular flexibility index (Phi) is 6.11. The summed E-state index contributed by atoms with van der Waals surface area (Å²) in [6.45, 7) is 2.82. The number of ether oxygens (including phenoxy) is 1. The molecule has 0 atom stereocenters. The highest BCUT2D eigenvalue weighted by Gasteiger charge is 2.28. The highest BCUT2D eigenvalue weighted by molar-refractivity contribution is 6.06. The molecule has 4 rings (SSSR count). The lowest BCUT2D eigenvalue weighted by molar-refractivity contribution is 0.0714. The molecule has 0 radical (unpaired) electrons. The molecule has 1 saturated heterocycles. The first kappa shape index (κ1) is 20.5. The summed E-state index contributed by atoms with van der Waals surface area (Å²) < 4.78 is 21.5. The highest BCUT2D eigenvalue weighted by Crippen LogP contribution is 2.32. The van der Waals surface area contributed by atoms with Gasteiger partial charge in [-0.05, 0) is 42.0 Å². The maximum atomic E-state index is 14.3. The van der Waals surface area contributed by atoms with E-state index in [-0.39, 0.29) is 17.6 Å². The van der Waals surface area contributed by atoms with Crippen LogP contribution in [0.2, 0.25) is 0 Å². The molecule has 7 heteroatoms. The van der Waals surface area contributed by atoms with Gasteiger partial charge in [0.15, 0.2) is 0 Å². The van der Waals surface area contributed by atoms with Gasteiger partial charge in [0.1, 0.15) is 5.82 Å². The zero-order chi connectivity index (χ0) is 21.1. The molecule has 0 bridgehead atoms. The van der Waals surface area contributed by atoms with Crippen molar-refractivity contribution in [3.8, 4) is 0 Å². The van der Waals surface area contributed by atoms with Crippen LogP contribution in [-0.2, 0) is 17.8 Å². The molecule has 0 spiro atoms. The average Bonchev–Trinajstić information content (AvgIpc) is 3.16. The topological polar surface area (TPSA) is 73.4 Å². The molecule has 1 aliphatic heterocycles. The third kappa shape index (κ3) is 3.95. The first-order valence-corrected chi connectivity index (χ1v) is 10.3. The van der Waals surface area contributed by atoms with E-state index in [4.69, 9.17) is 10.5 Å². The van der Waals surface area contributed by atoms with Gasteiger partial charge in [-0.3, -0.25) is 9.78 Å². The van der Waals surface area contributed by atoms with E-state index >= 15 is 0 Å². The number of pyridine rings is 1. The van der Waals surface area contributed by atoms with Crippen molar-refractivity contribution in [3.63, 3.8) is 0 Å². The highest BCUT2D eigenvalue weighted by atomic mass is 19.1. The Morgan fingerprint density at radius 1 is 1.30 bits per heavy atom. The van der Waals surface area contributed by atoms with Crippen molar-refractivity contribution in [1.29, 1.82) is 0 Å². The fraction of sp³-hybridized carbons (Fsp3) is 0.391. The first-order valence-electron chi connectivity index (χ1n) is 10.3. The Morgan fingerprint density at radius 2 is 2.10 bits per heavy atom. The summed E-state index contributed by atoms with van der Waals surface area (Å²) in [7, 11) is 1.66. The van der Waals surface area contributed by atoms with E-state index < -0.39 is 0 Å². The Morgan fingerprint density at radius 3 is 2.83 bits per heavy atom. The summed E-state index contributed by atoms with van der Waals surface area (Å²) in [5.41, 5.74) is 8.96. The molecular formula is C23H27FN4O2. The Bertz CT molecular complexity index is 1040. The molecule has 0 unspecified atom stereocenters. The molecule has 1 aliphatic rings. The number of halogens is 1. The predicted octanol–water partition coefficient (Wildman–Crippen LogP) is 3.30. The minimum absolute atomic E-state index is 0.0111. The van der Waals surface area contributed by atoms with Crippen molar-refractivity contribution in [1.82, 2.24) is 14.5 Å². The van der Waals surface area contributed by atoms with Crippen molar-refractivity contribution in [2.24, 2.45) is 5.73 Å². The smallest absolute Gasteiger partial charge is 0.256 e. The third-order valence-corrected chi connectivity index (χ3v) is 5.97. The predicted molar refractivity (Wildman–Crippen MR) is 114 cm³/mol. The fourth-order valence-electron chi connectivity index (χ4n) is 4.28. The number of amides is 1. The summed E-state index contributed by atoms with van der Waals surface area (Å²) in [4.78, 5) is 19.4. The van der Waals surface area contributed by atoms with Crippen LogP contribution in [-0.4, -0.2) is 47.2 Å². The number of carbonyl (C=O) groups is 1. The van der Waals surface area contributed by atoms with E-state index in [1.165, 1.54) is 6.07 Å². The van der Waals surface area contributed by atoms with E-state index in [1.54, 1.807) is 25.6 Å². The number of carbonyl (C=O) groups excluding carboxylic acids is 1. The number of nitrogens with two attached hydrogens (primary N) is 1. The number of rotatable bonds is 6. The van der Waals surface area contributed by atoms with E-state index in [0.29, 0.717) is 43.9 Å². The van der Waals surface area contributed by atoms with E-state index in [0.717, 1.165) is 29.3 Å². The zero-order valence-electron chi connectivity index (χ0n) is 17.2. The SMILES string of the molecule is COCCn1cc(C(=O)N2CCC(c3cc(CN)ccc3F)CC2)c2ccncc21. The lowest BCUT2D eigenvalue weighted by Crippen LogP contribution is -2.38. The van der Waals surface area contributed by atoms with Gasteiger partial charge in [-0.1, -0.05) is 12.1 Å². The normalized spacial score (nSPS) is 15.1. The van der Waals surface area contributed by atoms with Crippen LogP contribution >= 0.6 is 0 Å². The Balaban J connectivity index is 1.51. The number of likely N-dealkylation sites (tertiary alicyclic amines) is 1. The van der Waals surface area contributed by atoms with Gasteiger partial charge in [0, 0.05) is 51.1 Å². The summed E-state index contributed by atoms with van der Waals surface area (Å²) in [5, 5.41) is 0.898. The summed E-state index contributed by atoms with van der Waals surface area (Å²) in [6.07, 6.45) is 6.85. The van der Waals surface area contributed by atoms with Crippen LogP contribution < -0.4 is 5.73 Å². The minimum atomic E-state index is -0.189. The number of benzene rings is 1. The van der Waals surface area contributed by atoms with Gasteiger partial charge in [0.25, 0.3) is 5.91 Å². The van der Waals surface area contributed by atoms with Crippen LogP contribution in [0.4, 0.5) is 4.39 Å². The molecule has 1 fully saturated rings. The minimum Gasteiger partial charge on any atom is -0.383 e. The molecular weight excluding hydrogens is 383 g/mol. The standard InChI is InChI=1S/C23H27FN4O2/c1-30-11-10-28-15-20(18-4-7-26-14-22(18)28)23(29)27-8-5-17(6-9-27)19-12-16(13-25)2-3-21(19)24/h2-4,7,12,14-15,17H,5-6,8-11,13,25H2,1H3. The second-order valence-corrected chi connectivity index (χ2v) is 7.75. The number of fused-ring (bicyclic) bond motifs is 1.